The molecule has 9 nitrogen and oxygen atoms in total. The Kier molecular flexibility index (Phi) is 7.11. The number of methoxy groups -OCH3 is 2. The Morgan fingerprint density at radius 1 is 1.05 bits per heavy atom. The number of benzene rings is 1. The van der Waals surface area contributed by atoms with Gasteiger partial charge in [-0.1, -0.05) is 6.07 Å². The third kappa shape index (κ3) is 4.89. The quantitative estimate of drug-likeness (QED) is 0.341. The number of pyridine rings is 2. The SMILES string of the molecule is COCC(=O)Nc1cc(N2C(=S)N[C@H](c3ccccn3)[C@@H]2c2cccn2-c2ccncc2)ccc1OC. The second kappa shape index (κ2) is 10.8. The van der Waals surface area contributed by atoms with E-state index in [0.29, 0.717) is 16.5 Å². The summed E-state index contributed by atoms with van der Waals surface area (Å²) in [5.74, 6) is 0.249. The number of thiocarbonyl (C=S) groups is 1. The molecule has 10 heteroatoms. The molecule has 4 heterocycles. The van der Waals surface area contributed by atoms with Gasteiger partial charge in [-0.2, -0.15) is 0 Å². The van der Waals surface area contributed by atoms with Crippen LogP contribution in [0.5, 0.6) is 5.75 Å². The molecule has 0 spiro atoms. The van der Waals surface area contributed by atoms with E-state index in [1.54, 1.807) is 25.7 Å². The topological polar surface area (TPSA) is 93.5 Å². The number of nitrogens with zero attached hydrogens (tertiary/aromatic N) is 4. The number of hydrogen-bond donors (Lipinski definition) is 2. The van der Waals surface area contributed by atoms with Crippen LogP contribution < -0.4 is 20.3 Å². The van der Waals surface area contributed by atoms with Crippen LogP contribution in [0.2, 0.25) is 0 Å². The average molecular weight is 515 g/mol. The van der Waals surface area contributed by atoms with Gasteiger partial charge in [0.15, 0.2) is 5.11 Å². The number of nitrogens with one attached hydrogen (secondary N) is 2. The van der Waals surface area contributed by atoms with Crippen molar-refractivity contribution in [3.05, 3.63) is 96.8 Å². The molecule has 3 aromatic heterocycles. The smallest absolute Gasteiger partial charge is 0.250 e. The summed E-state index contributed by atoms with van der Waals surface area (Å²) in [6.07, 6.45) is 7.33. The second-order valence-corrected chi connectivity index (χ2v) is 8.76. The van der Waals surface area contributed by atoms with Gasteiger partial charge in [-0.25, -0.2) is 0 Å². The molecular weight excluding hydrogens is 488 g/mol. The van der Waals surface area contributed by atoms with Gasteiger partial charge in [0.25, 0.3) is 0 Å². The Hall–Kier alpha value is -4.28. The number of carbonyl (C=O) groups is 1. The molecule has 1 amide bonds. The molecule has 1 aliphatic rings. The van der Waals surface area contributed by atoms with Gasteiger partial charge in [0, 0.05) is 49.0 Å². The summed E-state index contributed by atoms with van der Waals surface area (Å²) in [7, 11) is 3.03. The summed E-state index contributed by atoms with van der Waals surface area (Å²) < 4.78 is 12.6. The molecule has 2 N–H and O–H groups in total. The number of aromatic nitrogens is 3. The molecule has 1 aromatic carbocycles. The summed E-state index contributed by atoms with van der Waals surface area (Å²) in [6.45, 7) is -0.0686. The van der Waals surface area contributed by atoms with Crippen molar-refractivity contribution in [2.24, 2.45) is 0 Å². The van der Waals surface area contributed by atoms with E-state index in [4.69, 9.17) is 21.7 Å². The molecule has 0 saturated carbocycles. The number of hydrogen-bond acceptors (Lipinski definition) is 6. The first-order valence-electron chi connectivity index (χ1n) is 11.7. The molecule has 188 valence electrons. The number of ether oxygens (including phenoxy) is 2. The number of amides is 1. The first-order valence-corrected chi connectivity index (χ1v) is 12.1. The van der Waals surface area contributed by atoms with Crippen LogP contribution in [-0.4, -0.2) is 46.4 Å². The molecule has 1 saturated heterocycles. The minimum absolute atomic E-state index is 0.0686. The summed E-state index contributed by atoms with van der Waals surface area (Å²) in [6, 6.07) is 19.0. The fourth-order valence-corrected chi connectivity index (χ4v) is 4.92. The van der Waals surface area contributed by atoms with E-state index < -0.39 is 0 Å². The highest BCUT2D eigenvalue weighted by atomic mass is 32.1. The van der Waals surface area contributed by atoms with Crippen molar-refractivity contribution in [1.29, 1.82) is 0 Å². The molecule has 0 radical (unpaired) electrons. The molecule has 1 fully saturated rings. The van der Waals surface area contributed by atoms with E-state index in [1.807, 2.05) is 65.7 Å². The number of carbonyl (C=O) groups excluding carboxylic acids is 1. The van der Waals surface area contributed by atoms with Crippen molar-refractivity contribution < 1.29 is 14.3 Å². The van der Waals surface area contributed by atoms with Gasteiger partial charge >= 0.3 is 0 Å². The van der Waals surface area contributed by atoms with Crippen molar-refractivity contribution in [3.8, 4) is 11.4 Å². The third-order valence-electron chi connectivity index (χ3n) is 6.13. The Labute approximate surface area is 220 Å². The molecular formula is C27H26N6O3S. The Morgan fingerprint density at radius 3 is 2.62 bits per heavy atom. The van der Waals surface area contributed by atoms with Gasteiger partial charge in [0.2, 0.25) is 5.91 Å². The van der Waals surface area contributed by atoms with E-state index in [2.05, 4.69) is 31.2 Å². The molecule has 0 aliphatic carbocycles. The van der Waals surface area contributed by atoms with Crippen LogP contribution in [-0.2, 0) is 9.53 Å². The lowest BCUT2D eigenvalue weighted by Gasteiger charge is -2.29. The van der Waals surface area contributed by atoms with E-state index >= 15 is 0 Å². The molecule has 1 aliphatic heterocycles. The van der Waals surface area contributed by atoms with Crippen LogP contribution in [0.25, 0.3) is 5.69 Å². The molecule has 37 heavy (non-hydrogen) atoms. The lowest BCUT2D eigenvalue weighted by atomic mass is 10.0. The van der Waals surface area contributed by atoms with Crippen LogP contribution in [0, 0.1) is 0 Å². The van der Waals surface area contributed by atoms with Crippen LogP contribution in [0.3, 0.4) is 0 Å². The van der Waals surface area contributed by atoms with E-state index in [1.165, 1.54) is 7.11 Å². The lowest BCUT2D eigenvalue weighted by Crippen LogP contribution is -2.30. The minimum atomic E-state index is -0.283. The summed E-state index contributed by atoms with van der Waals surface area (Å²) >= 11 is 5.87. The fourth-order valence-electron chi connectivity index (χ4n) is 4.57. The van der Waals surface area contributed by atoms with E-state index in [-0.39, 0.29) is 24.6 Å². The van der Waals surface area contributed by atoms with Gasteiger partial charge in [-0.3, -0.25) is 14.8 Å². The van der Waals surface area contributed by atoms with Gasteiger partial charge in [-0.15, -0.1) is 0 Å². The molecule has 2 atom stereocenters. The summed E-state index contributed by atoms with van der Waals surface area (Å²) in [4.78, 5) is 23.1. The molecule has 0 unspecified atom stereocenters. The first-order chi connectivity index (χ1) is 18.1. The minimum Gasteiger partial charge on any atom is -0.495 e. The highest BCUT2D eigenvalue weighted by Crippen LogP contribution is 2.43. The highest BCUT2D eigenvalue weighted by Gasteiger charge is 2.42. The van der Waals surface area contributed by atoms with Crippen LogP contribution in [0.1, 0.15) is 23.5 Å². The maximum atomic E-state index is 12.3. The highest BCUT2D eigenvalue weighted by molar-refractivity contribution is 7.80. The van der Waals surface area contributed by atoms with E-state index in [0.717, 1.165) is 22.8 Å². The van der Waals surface area contributed by atoms with E-state index in [9.17, 15) is 4.79 Å². The standard InChI is InChI=1S/C27H26N6O3S/c1-35-17-24(34)30-21-16-19(8-9-23(21)36-2)33-26(25(31-27(33)37)20-6-3-4-12-29-20)22-7-5-15-32(22)18-10-13-28-14-11-18/h3-16,25-26H,17H2,1-2H3,(H,30,34)(H,31,37)/t25-,26+/m1/s1. The van der Waals surface area contributed by atoms with Gasteiger partial charge < -0.3 is 29.6 Å². The lowest BCUT2D eigenvalue weighted by molar-refractivity contribution is -0.119. The van der Waals surface area contributed by atoms with Crippen LogP contribution in [0.4, 0.5) is 11.4 Å². The Balaban J connectivity index is 1.62. The monoisotopic (exact) mass is 514 g/mol. The summed E-state index contributed by atoms with van der Waals surface area (Å²) in [5.41, 5.74) is 4.16. The van der Waals surface area contributed by atoms with Crippen molar-refractivity contribution in [2.75, 3.05) is 31.0 Å². The van der Waals surface area contributed by atoms with Crippen molar-refractivity contribution in [1.82, 2.24) is 19.9 Å². The zero-order valence-electron chi connectivity index (χ0n) is 20.4. The Bertz CT molecular complexity index is 1400. The van der Waals surface area contributed by atoms with Crippen LogP contribution >= 0.6 is 12.2 Å². The number of rotatable bonds is 8. The van der Waals surface area contributed by atoms with Gasteiger partial charge in [0.1, 0.15) is 18.4 Å². The largest absolute Gasteiger partial charge is 0.495 e. The second-order valence-electron chi connectivity index (χ2n) is 8.37. The normalized spacial score (nSPS) is 16.9. The zero-order chi connectivity index (χ0) is 25.8. The average Bonchev–Trinajstić information content (AvgIpc) is 3.54. The predicted octanol–water partition coefficient (Wildman–Crippen LogP) is 4.04. The molecule has 0 bridgehead atoms. The predicted molar refractivity (Wildman–Crippen MR) is 145 cm³/mol. The van der Waals surface area contributed by atoms with Crippen molar-refractivity contribution in [3.63, 3.8) is 0 Å². The summed E-state index contributed by atoms with van der Waals surface area (Å²) in [5, 5.41) is 6.89. The van der Waals surface area contributed by atoms with Gasteiger partial charge in [0.05, 0.1) is 24.5 Å². The maximum absolute atomic E-state index is 12.3. The Morgan fingerprint density at radius 2 is 1.89 bits per heavy atom. The molecule has 4 aromatic rings. The third-order valence-corrected chi connectivity index (χ3v) is 6.45. The number of anilines is 2. The van der Waals surface area contributed by atoms with Crippen molar-refractivity contribution >= 4 is 34.6 Å². The zero-order valence-corrected chi connectivity index (χ0v) is 21.2. The molecule has 5 rings (SSSR count). The van der Waals surface area contributed by atoms with Crippen molar-refractivity contribution in [2.45, 2.75) is 12.1 Å². The maximum Gasteiger partial charge on any atom is 0.250 e. The van der Waals surface area contributed by atoms with Gasteiger partial charge in [-0.05, 0) is 66.8 Å². The fraction of sp³-hybridized carbons (Fsp3) is 0.185. The first kappa shape index (κ1) is 24.4. The van der Waals surface area contributed by atoms with Crippen LogP contribution in [0.15, 0.2) is 85.5 Å².